The summed E-state index contributed by atoms with van der Waals surface area (Å²) < 4.78 is 26.3. The minimum atomic E-state index is -1.18. The number of hydrogen-bond donors (Lipinski definition) is 2. The fraction of sp³-hybridized carbons (Fsp3) is 0. The third-order valence-electron chi connectivity index (χ3n) is 2.27. The van der Waals surface area contributed by atoms with Crippen molar-refractivity contribution in [3.05, 3.63) is 52.1 Å². The molecule has 7 heteroatoms. The topological polar surface area (TPSA) is 62.2 Å². The van der Waals surface area contributed by atoms with E-state index in [0.29, 0.717) is 4.47 Å². The minimum Gasteiger partial charge on any atom is -0.478 e. The van der Waals surface area contributed by atoms with Crippen molar-refractivity contribution in [1.29, 1.82) is 0 Å². The van der Waals surface area contributed by atoms with Crippen molar-refractivity contribution >= 4 is 33.4 Å². The lowest BCUT2D eigenvalue weighted by Gasteiger charge is -2.09. The van der Waals surface area contributed by atoms with Crippen LogP contribution in [0.5, 0.6) is 0 Å². The van der Waals surface area contributed by atoms with Gasteiger partial charge in [0, 0.05) is 22.4 Å². The van der Waals surface area contributed by atoms with Gasteiger partial charge < -0.3 is 10.4 Å². The van der Waals surface area contributed by atoms with Gasteiger partial charge in [-0.3, -0.25) is 0 Å². The van der Waals surface area contributed by atoms with Gasteiger partial charge in [-0.2, -0.15) is 0 Å². The fourth-order valence-electron chi connectivity index (χ4n) is 1.41. The molecule has 1 heterocycles. The van der Waals surface area contributed by atoms with Crippen LogP contribution in [0.25, 0.3) is 0 Å². The Morgan fingerprint density at radius 2 is 2.00 bits per heavy atom. The van der Waals surface area contributed by atoms with Gasteiger partial charge >= 0.3 is 5.97 Å². The lowest BCUT2D eigenvalue weighted by molar-refractivity contribution is 0.0697. The molecule has 2 N–H and O–H groups in total. The van der Waals surface area contributed by atoms with Crippen LogP contribution in [0.3, 0.4) is 0 Å². The van der Waals surface area contributed by atoms with E-state index in [1.807, 2.05) is 0 Å². The quantitative estimate of drug-likeness (QED) is 0.904. The number of carboxylic acid groups (broad SMARTS) is 1. The predicted molar refractivity (Wildman–Crippen MR) is 68.5 cm³/mol. The number of carbonyl (C=O) groups is 1. The summed E-state index contributed by atoms with van der Waals surface area (Å²) in [4.78, 5) is 14.9. The number of nitrogens with one attached hydrogen (secondary N) is 1. The molecule has 0 fully saturated rings. The van der Waals surface area contributed by atoms with Crippen LogP contribution in [0.2, 0.25) is 0 Å². The molecule has 19 heavy (non-hydrogen) atoms. The highest BCUT2D eigenvalue weighted by Crippen LogP contribution is 2.23. The highest BCUT2D eigenvalue weighted by Gasteiger charge is 2.13. The predicted octanol–water partition coefficient (Wildman–Crippen LogP) is 3.56. The van der Waals surface area contributed by atoms with Gasteiger partial charge in [-0.25, -0.2) is 18.6 Å². The molecule has 0 aliphatic rings. The van der Waals surface area contributed by atoms with Crippen LogP contribution in [-0.2, 0) is 0 Å². The van der Waals surface area contributed by atoms with E-state index in [0.717, 1.165) is 12.1 Å². The number of hydrogen-bond acceptors (Lipinski definition) is 3. The summed E-state index contributed by atoms with van der Waals surface area (Å²) in [6.45, 7) is 0. The van der Waals surface area contributed by atoms with Crippen LogP contribution in [-0.4, -0.2) is 16.1 Å². The van der Waals surface area contributed by atoms with E-state index in [-0.39, 0.29) is 17.1 Å². The fourth-order valence-corrected chi connectivity index (χ4v) is 1.74. The summed E-state index contributed by atoms with van der Waals surface area (Å²) in [7, 11) is 0. The van der Waals surface area contributed by atoms with Crippen LogP contribution in [0, 0.1) is 11.6 Å². The van der Waals surface area contributed by atoms with E-state index >= 15 is 0 Å². The molecular weight excluding hydrogens is 322 g/mol. The Balaban J connectivity index is 2.37. The van der Waals surface area contributed by atoms with Gasteiger partial charge in [0.1, 0.15) is 11.4 Å². The summed E-state index contributed by atoms with van der Waals surface area (Å²) >= 11 is 3.11. The van der Waals surface area contributed by atoms with Crippen molar-refractivity contribution in [2.75, 3.05) is 5.32 Å². The molecule has 0 bridgehead atoms. The molecule has 0 radical (unpaired) electrons. The Bertz CT molecular complexity index is 650. The number of aromatic carboxylic acids is 1. The number of rotatable bonds is 3. The first-order chi connectivity index (χ1) is 8.97. The van der Waals surface area contributed by atoms with E-state index in [9.17, 15) is 13.6 Å². The average molecular weight is 329 g/mol. The normalized spacial score (nSPS) is 10.3. The summed E-state index contributed by atoms with van der Waals surface area (Å²) in [6, 6.07) is 4.51. The first-order valence-corrected chi connectivity index (χ1v) is 5.87. The van der Waals surface area contributed by atoms with Gasteiger partial charge in [-0.15, -0.1) is 0 Å². The largest absolute Gasteiger partial charge is 0.478 e. The van der Waals surface area contributed by atoms with Gasteiger partial charge in [-0.05, 0) is 34.1 Å². The molecule has 98 valence electrons. The van der Waals surface area contributed by atoms with Gasteiger partial charge in [0.25, 0.3) is 0 Å². The molecule has 0 saturated carbocycles. The lowest BCUT2D eigenvalue weighted by atomic mass is 10.2. The molecule has 0 aliphatic heterocycles. The Labute approximate surface area is 115 Å². The molecule has 2 rings (SSSR count). The summed E-state index contributed by atoms with van der Waals surface area (Å²) in [6.07, 6.45) is 1.40. The third-order valence-corrected chi connectivity index (χ3v) is 2.70. The van der Waals surface area contributed by atoms with Crippen LogP contribution in [0.1, 0.15) is 10.4 Å². The van der Waals surface area contributed by atoms with Gasteiger partial charge in [0.05, 0.1) is 0 Å². The SMILES string of the molecule is O=C(O)c1cc(Br)cnc1Nc1ccc(F)c(F)c1. The molecule has 0 unspecified atom stereocenters. The van der Waals surface area contributed by atoms with Gasteiger partial charge in [-0.1, -0.05) is 0 Å². The second-order valence-corrected chi connectivity index (χ2v) is 4.52. The van der Waals surface area contributed by atoms with Crippen molar-refractivity contribution < 1.29 is 18.7 Å². The Morgan fingerprint density at radius 1 is 1.26 bits per heavy atom. The second kappa shape index (κ2) is 5.31. The highest BCUT2D eigenvalue weighted by atomic mass is 79.9. The van der Waals surface area contributed by atoms with Crippen LogP contribution in [0.15, 0.2) is 34.9 Å². The van der Waals surface area contributed by atoms with E-state index in [2.05, 4.69) is 26.2 Å². The van der Waals surface area contributed by atoms with Crippen LogP contribution in [0.4, 0.5) is 20.3 Å². The van der Waals surface area contributed by atoms with E-state index in [1.54, 1.807) is 0 Å². The Kier molecular flexibility index (Phi) is 3.75. The summed E-state index contributed by atoms with van der Waals surface area (Å²) in [5, 5.41) is 11.7. The highest BCUT2D eigenvalue weighted by molar-refractivity contribution is 9.10. The Morgan fingerprint density at radius 3 is 2.63 bits per heavy atom. The second-order valence-electron chi connectivity index (χ2n) is 3.61. The molecule has 2 aromatic rings. The average Bonchev–Trinajstić information content (AvgIpc) is 2.36. The molecule has 0 amide bonds. The van der Waals surface area contributed by atoms with Gasteiger partial charge in [0.15, 0.2) is 11.6 Å². The molecule has 0 aliphatic carbocycles. The number of carboxylic acids is 1. The molecule has 1 aromatic carbocycles. The zero-order chi connectivity index (χ0) is 14.0. The molecule has 0 saturated heterocycles. The first-order valence-electron chi connectivity index (χ1n) is 5.08. The van der Waals surface area contributed by atoms with Gasteiger partial charge in [0.2, 0.25) is 0 Å². The zero-order valence-electron chi connectivity index (χ0n) is 9.32. The van der Waals surface area contributed by atoms with Crippen LogP contribution < -0.4 is 5.32 Å². The Hall–Kier alpha value is -2.02. The first kappa shape index (κ1) is 13.4. The lowest BCUT2D eigenvalue weighted by Crippen LogP contribution is -2.05. The van der Waals surface area contributed by atoms with Crippen molar-refractivity contribution in [3.63, 3.8) is 0 Å². The molecule has 0 atom stereocenters. The standard InChI is InChI=1S/C12H7BrF2N2O2/c13-6-3-8(12(18)19)11(16-5-6)17-7-1-2-9(14)10(15)4-7/h1-5H,(H,16,17)(H,18,19). The van der Waals surface area contributed by atoms with Crippen molar-refractivity contribution in [3.8, 4) is 0 Å². The molecule has 1 aromatic heterocycles. The monoisotopic (exact) mass is 328 g/mol. The number of benzene rings is 1. The number of halogens is 3. The van der Waals surface area contributed by atoms with Crippen molar-refractivity contribution in [2.24, 2.45) is 0 Å². The number of anilines is 2. The van der Waals surface area contributed by atoms with E-state index in [4.69, 9.17) is 5.11 Å². The number of nitrogens with zero attached hydrogens (tertiary/aromatic N) is 1. The number of pyridine rings is 1. The van der Waals surface area contributed by atoms with Crippen LogP contribution >= 0.6 is 15.9 Å². The summed E-state index contributed by atoms with van der Waals surface area (Å²) in [5.41, 5.74) is 0.121. The maximum absolute atomic E-state index is 13.0. The third kappa shape index (κ3) is 3.05. The summed E-state index contributed by atoms with van der Waals surface area (Å²) in [5.74, 6) is -3.15. The smallest absolute Gasteiger partial charge is 0.339 e. The van der Waals surface area contributed by atoms with E-state index < -0.39 is 17.6 Å². The van der Waals surface area contributed by atoms with Crippen molar-refractivity contribution in [1.82, 2.24) is 4.98 Å². The maximum Gasteiger partial charge on any atom is 0.339 e. The zero-order valence-corrected chi connectivity index (χ0v) is 10.9. The molecule has 4 nitrogen and oxygen atoms in total. The van der Waals surface area contributed by atoms with Crippen molar-refractivity contribution in [2.45, 2.75) is 0 Å². The molecular formula is C12H7BrF2N2O2. The maximum atomic E-state index is 13.0. The van der Waals surface area contributed by atoms with E-state index in [1.165, 1.54) is 18.3 Å². The minimum absolute atomic E-state index is 0.0432. The number of aromatic nitrogens is 1. The molecule has 0 spiro atoms.